The molecule has 154 valence electrons. The van der Waals surface area contributed by atoms with Crippen LogP contribution in [0.5, 0.6) is 0 Å². The van der Waals surface area contributed by atoms with Crippen molar-refractivity contribution >= 4 is 35.6 Å². The van der Waals surface area contributed by atoms with Crippen LogP contribution in [-0.4, -0.2) is 67.8 Å². The zero-order valence-electron chi connectivity index (χ0n) is 16.9. The fourth-order valence-corrected chi connectivity index (χ4v) is 3.48. The Morgan fingerprint density at radius 3 is 2.32 bits per heavy atom. The van der Waals surface area contributed by atoms with Crippen LogP contribution in [0.3, 0.4) is 0 Å². The summed E-state index contributed by atoms with van der Waals surface area (Å²) in [4.78, 5) is 9.36. The SMILES string of the molecule is CN=C(NCCn1cccc1)NCC(C)N1CCN(c2ccccc2)CC1.I. The van der Waals surface area contributed by atoms with Gasteiger partial charge in [0.2, 0.25) is 0 Å². The Morgan fingerprint density at radius 1 is 1.00 bits per heavy atom. The molecule has 1 fully saturated rings. The van der Waals surface area contributed by atoms with E-state index in [-0.39, 0.29) is 24.0 Å². The highest BCUT2D eigenvalue weighted by Crippen LogP contribution is 2.16. The number of aromatic nitrogens is 1. The molecule has 6 nitrogen and oxygen atoms in total. The molecule has 0 bridgehead atoms. The minimum atomic E-state index is 0. The van der Waals surface area contributed by atoms with Crippen LogP contribution in [0.25, 0.3) is 0 Å². The fourth-order valence-electron chi connectivity index (χ4n) is 3.48. The first-order valence-corrected chi connectivity index (χ1v) is 9.85. The van der Waals surface area contributed by atoms with Crippen LogP contribution in [-0.2, 0) is 6.54 Å². The van der Waals surface area contributed by atoms with Crippen molar-refractivity contribution in [2.24, 2.45) is 4.99 Å². The molecule has 0 spiro atoms. The lowest BCUT2D eigenvalue weighted by Crippen LogP contribution is -2.53. The number of benzene rings is 1. The first kappa shape index (κ1) is 22.5. The highest BCUT2D eigenvalue weighted by Gasteiger charge is 2.21. The van der Waals surface area contributed by atoms with Gasteiger partial charge in [0.15, 0.2) is 5.96 Å². The van der Waals surface area contributed by atoms with Crippen LogP contribution in [0.15, 0.2) is 59.9 Å². The van der Waals surface area contributed by atoms with Crippen molar-refractivity contribution in [3.63, 3.8) is 0 Å². The number of hydrogen-bond acceptors (Lipinski definition) is 3. The lowest BCUT2D eigenvalue weighted by molar-refractivity contribution is 0.197. The summed E-state index contributed by atoms with van der Waals surface area (Å²) < 4.78 is 2.16. The van der Waals surface area contributed by atoms with E-state index < -0.39 is 0 Å². The third kappa shape index (κ3) is 6.70. The smallest absolute Gasteiger partial charge is 0.191 e. The summed E-state index contributed by atoms with van der Waals surface area (Å²) in [5.74, 6) is 0.872. The molecule has 0 aliphatic carbocycles. The molecule has 7 heteroatoms. The third-order valence-corrected chi connectivity index (χ3v) is 5.18. The molecule has 28 heavy (non-hydrogen) atoms. The van der Waals surface area contributed by atoms with Gasteiger partial charge in [0.05, 0.1) is 0 Å². The summed E-state index contributed by atoms with van der Waals surface area (Å²) in [5, 5.41) is 6.85. The van der Waals surface area contributed by atoms with Crippen LogP contribution in [0.4, 0.5) is 5.69 Å². The standard InChI is InChI=1S/C21H32N6.HI/c1-19(18-24-21(22-2)23-10-13-25-11-6-7-12-25)26-14-16-27(17-15-26)20-8-4-3-5-9-20;/h3-9,11-12,19H,10,13-18H2,1-2H3,(H2,22,23,24);1H. The largest absolute Gasteiger partial charge is 0.369 e. The summed E-state index contributed by atoms with van der Waals surface area (Å²) in [6.07, 6.45) is 4.16. The predicted octanol–water partition coefficient (Wildman–Crippen LogP) is 2.48. The van der Waals surface area contributed by atoms with E-state index in [0.717, 1.165) is 51.8 Å². The number of guanidine groups is 1. The summed E-state index contributed by atoms with van der Waals surface area (Å²) in [6, 6.07) is 15.3. The molecule has 1 aliphatic heterocycles. The van der Waals surface area contributed by atoms with Crippen molar-refractivity contribution in [2.45, 2.75) is 19.5 Å². The van der Waals surface area contributed by atoms with Gasteiger partial charge in [-0.05, 0) is 31.2 Å². The monoisotopic (exact) mass is 496 g/mol. The predicted molar refractivity (Wildman–Crippen MR) is 129 cm³/mol. The maximum atomic E-state index is 4.33. The minimum Gasteiger partial charge on any atom is -0.369 e. The van der Waals surface area contributed by atoms with Crippen molar-refractivity contribution in [1.82, 2.24) is 20.1 Å². The maximum Gasteiger partial charge on any atom is 0.191 e. The second-order valence-electron chi connectivity index (χ2n) is 7.01. The van der Waals surface area contributed by atoms with Crippen molar-refractivity contribution in [2.75, 3.05) is 51.2 Å². The topological polar surface area (TPSA) is 47.8 Å². The van der Waals surface area contributed by atoms with Gasteiger partial charge in [-0.1, -0.05) is 18.2 Å². The van der Waals surface area contributed by atoms with E-state index in [1.807, 2.05) is 19.2 Å². The van der Waals surface area contributed by atoms with Gasteiger partial charge in [0.1, 0.15) is 0 Å². The van der Waals surface area contributed by atoms with Crippen LogP contribution < -0.4 is 15.5 Å². The Hall–Kier alpha value is -1.74. The van der Waals surface area contributed by atoms with Crippen LogP contribution in [0.2, 0.25) is 0 Å². The van der Waals surface area contributed by atoms with Crippen molar-refractivity contribution in [3.8, 4) is 0 Å². The third-order valence-electron chi connectivity index (χ3n) is 5.18. The molecule has 2 N–H and O–H groups in total. The number of para-hydroxylation sites is 1. The van der Waals surface area contributed by atoms with E-state index in [4.69, 9.17) is 0 Å². The zero-order valence-corrected chi connectivity index (χ0v) is 19.3. The van der Waals surface area contributed by atoms with Gasteiger partial charge < -0.3 is 20.1 Å². The van der Waals surface area contributed by atoms with E-state index in [9.17, 15) is 0 Å². The summed E-state index contributed by atoms with van der Waals surface area (Å²) in [5.41, 5.74) is 1.33. The Kier molecular flexibility index (Phi) is 9.63. The highest BCUT2D eigenvalue weighted by molar-refractivity contribution is 14.0. The molecule has 0 saturated carbocycles. The maximum absolute atomic E-state index is 4.33. The van der Waals surface area contributed by atoms with Gasteiger partial charge in [0, 0.05) is 77.0 Å². The molecule has 1 aromatic carbocycles. The van der Waals surface area contributed by atoms with E-state index >= 15 is 0 Å². The summed E-state index contributed by atoms with van der Waals surface area (Å²) in [6.45, 7) is 9.33. The molecule has 1 unspecified atom stereocenters. The quantitative estimate of drug-likeness (QED) is 0.352. The number of nitrogens with zero attached hydrogens (tertiary/aromatic N) is 4. The number of rotatable bonds is 7. The Morgan fingerprint density at radius 2 is 1.68 bits per heavy atom. The second kappa shape index (κ2) is 12.0. The summed E-state index contributed by atoms with van der Waals surface area (Å²) >= 11 is 0. The molecule has 0 amide bonds. The van der Waals surface area contributed by atoms with E-state index in [0.29, 0.717) is 6.04 Å². The van der Waals surface area contributed by atoms with Gasteiger partial charge in [0.25, 0.3) is 0 Å². The van der Waals surface area contributed by atoms with Crippen LogP contribution in [0, 0.1) is 0 Å². The summed E-state index contributed by atoms with van der Waals surface area (Å²) in [7, 11) is 1.83. The van der Waals surface area contributed by atoms with Gasteiger partial charge in [-0.2, -0.15) is 0 Å². The van der Waals surface area contributed by atoms with E-state index in [1.54, 1.807) is 0 Å². The molecule has 1 saturated heterocycles. The molecule has 2 heterocycles. The minimum absolute atomic E-state index is 0. The molecule has 1 atom stereocenters. The number of halogens is 1. The molecular weight excluding hydrogens is 463 g/mol. The van der Waals surface area contributed by atoms with E-state index in [1.165, 1.54) is 5.69 Å². The highest BCUT2D eigenvalue weighted by atomic mass is 127. The Labute approximate surface area is 186 Å². The molecular formula is C21H33IN6. The first-order valence-electron chi connectivity index (χ1n) is 9.85. The molecule has 1 aromatic heterocycles. The van der Waals surface area contributed by atoms with Gasteiger partial charge >= 0.3 is 0 Å². The Bertz CT molecular complexity index is 680. The first-order chi connectivity index (χ1) is 13.3. The normalized spacial score (nSPS) is 16.4. The average molecular weight is 496 g/mol. The average Bonchev–Trinajstić information content (AvgIpc) is 3.24. The zero-order chi connectivity index (χ0) is 18.9. The molecule has 1 aliphatic rings. The number of hydrogen-bond donors (Lipinski definition) is 2. The van der Waals surface area contributed by atoms with Gasteiger partial charge in [-0.25, -0.2) is 0 Å². The van der Waals surface area contributed by atoms with Crippen LogP contribution >= 0.6 is 24.0 Å². The molecule has 3 rings (SSSR count). The number of anilines is 1. The number of nitrogens with one attached hydrogen (secondary N) is 2. The Balaban J connectivity index is 0.00000280. The lowest BCUT2D eigenvalue weighted by atomic mass is 10.2. The van der Waals surface area contributed by atoms with Crippen molar-refractivity contribution in [3.05, 3.63) is 54.9 Å². The van der Waals surface area contributed by atoms with Gasteiger partial charge in [-0.15, -0.1) is 24.0 Å². The lowest BCUT2D eigenvalue weighted by Gasteiger charge is -2.39. The van der Waals surface area contributed by atoms with Crippen molar-refractivity contribution in [1.29, 1.82) is 0 Å². The molecule has 2 aromatic rings. The van der Waals surface area contributed by atoms with E-state index in [2.05, 4.69) is 79.6 Å². The van der Waals surface area contributed by atoms with Crippen LogP contribution in [0.1, 0.15) is 6.92 Å². The molecule has 0 radical (unpaired) electrons. The fraction of sp³-hybridized carbons (Fsp3) is 0.476. The van der Waals surface area contributed by atoms with Crippen molar-refractivity contribution < 1.29 is 0 Å². The second-order valence-corrected chi connectivity index (χ2v) is 7.01. The number of piperazine rings is 1. The van der Waals surface area contributed by atoms with Gasteiger partial charge in [-0.3, -0.25) is 9.89 Å². The number of aliphatic imine (C=N–C) groups is 1.